The number of hydrogen-bond acceptors (Lipinski definition) is 0. The fourth-order valence-corrected chi connectivity index (χ4v) is 12.5. The van der Waals surface area contributed by atoms with Gasteiger partial charge in [-0.1, -0.05) is 191 Å². The van der Waals surface area contributed by atoms with Gasteiger partial charge in [0.2, 0.25) is 0 Å². The lowest BCUT2D eigenvalue weighted by Crippen LogP contribution is -2.29. The molecular formula is C64H46N2. The first-order valence-corrected chi connectivity index (χ1v) is 23.3. The maximum Gasteiger partial charge on any atom is 0.0547 e. The fraction of sp³-hybridized carbons (Fsp3) is 0.0938. The molecule has 66 heavy (non-hydrogen) atoms. The molecule has 0 saturated heterocycles. The summed E-state index contributed by atoms with van der Waals surface area (Å²) in [7, 11) is 0. The maximum absolute atomic E-state index is 2.52. The quantitative estimate of drug-likeness (QED) is 0.167. The van der Waals surface area contributed by atoms with Crippen molar-refractivity contribution >= 4 is 54.4 Å². The van der Waals surface area contributed by atoms with Crippen LogP contribution in [0.2, 0.25) is 0 Å². The lowest BCUT2D eigenvalue weighted by Gasteiger charge is -2.40. The topological polar surface area (TPSA) is 9.86 Å². The highest BCUT2D eigenvalue weighted by molar-refractivity contribution is 6.14. The predicted molar refractivity (Wildman–Crippen MR) is 279 cm³/mol. The van der Waals surface area contributed by atoms with E-state index in [0.717, 1.165) is 0 Å². The van der Waals surface area contributed by atoms with Crippen molar-refractivity contribution in [2.24, 2.45) is 0 Å². The van der Waals surface area contributed by atoms with Gasteiger partial charge in [-0.3, -0.25) is 0 Å². The van der Waals surface area contributed by atoms with Gasteiger partial charge < -0.3 is 9.13 Å². The molecule has 0 fully saturated rings. The molecule has 0 spiro atoms. The molecular weight excluding hydrogens is 797 g/mol. The summed E-state index contributed by atoms with van der Waals surface area (Å²) in [5.41, 5.74) is 22.7. The van der Waals surface area contributed by atoms with E-state index in [1.165, 1.54) is 133 Å². The second-order valence-corrected chi connectivity index (χ2v) is 19.7. The van der Waals surface area contributed by atoms with Gasteiger partial charge in [0.25, 0.3) is 0 Å². The van der Waals surface area contributed by atoms with Crippen molar-refractivity contribution in [1.82, 2.24) is 9.13 Å². The molecule has 2 aliphatic carbocycles. The van der Waals surface area contributed by atoms with Gasteiger partial charge in [0, 0.05) is 43.4 Å². The molecule has 0 unspecified atom stereocenters. The number of rotatable bonds is 4. The first kappa shape index (κ1) is 37.4. The van der Waals surface area contributed by atoms with E-state index < -0.39 is 0 Å². The number of fused-ring (bicyclic) bond motifs is 12. The smallest absolute Gasteiger partial charge is 0.0547 e. The van der Waals surface area contributed by atoms with E-state index in [1.807, 2.05) is 0 Å². The summed E-state index contributed by atoms with van der Waals surface area (Å²) in [5, 5.41) is 7.73. The molecule has 312 valence electrons. The molecule has 14 rings (SSSR count). The summed E-state index contributed by atoms with van der Waals surface area (Å²) in [5.74, 6) is 0. The summed E-state index contributed by atoms with van der Waals surface area (Å²) >= 11 is 0. The van der Waals surface area contributed by atoms with Crippen molar-refractivity contribution in [3.63, 3.8) is 0 Å². The van der Waals surface area contributed by atoms with Gasteiger partial charge >= 0.3 is 0 Å². The minimum absolute atomic E-state index is 0.248. The van der Waals surface area contributed by atoms with Crippen LogP contribution in [0.5, 0.6) is 0 Å². The molecule has 2 aromatic heterocycles. The highest BCUT2D eigenvalue weighted by atomic mass is 15.0. The zero-order valence-electron chi connectivity index (χ0n) is 37.5. The van der Waals surface area contributed by atoms with E-state index in [1.54, 1.807) is 0 Å². The van der Waals surface area contributed by atoms with Gasteiger partial charge in [0.15, 0.2) is 0 Å². The third-order valence-electron chi connectivity index (χ3n) is 15.5. The molecule has 2 heteroatoms. The second-order valence-electron chi connectivity index (χ2n) is 19.7. The summed E-state index contributed by atoms with van der Waals surface area (Å²) in [6.45, 7) is 9.86. The van der Waals surface area contributed by atoms with E-state index in [9.17, 15) is 0 Å². The maximum atomic E-state index is 2.52. The van der Waals surface area contributed by atoms with Crippen LogP contribution in [0.15, 0.2) is 206 Å². The van der Waals surface area contributed by atoms with Crippen LogP contribution >= 0.6 is 0 Å². The Morgan fingerprint density at radius 2 is 0.788 bits per heavy atom. The van der Waals surface area contributed by atoms with Crippen LogP contribution in [0.1, 0.15) is 49.9 Å². The van der Waals surface area contributed by atoms with Crippen molar-refractivity contribution in [1.29, 1.82) is 0 Å². The first-order chi connectivity index (χ1) is 32.3. The average molecular weight is 843 g/mol. The fourth-order valence-electron chi connectivity index (χ4n) is 12.5. The van der Waals surface area contributed by atoms with Crippen molar-refractivity contribution in [3.05, 3.63) is 229 Å². The van der Waals surface area contributed by atoms with Crippen LogP contribution in [0.4, 0.5) is 0 Å². The summed E-state index contributed by atoms with van der Waals surface area (Å²) in [4.78, 5) is 0. The van der Waals surface area contributed by atoms with Gasteiger partial charge in [-0.05, 0) is 115 Å². The van der Waals surface area contributed by atoms with Crippen LogP contribution in [0.25, 0.3) is 110 Å². The van der Waals surface area contributed by atoms with Gasteiger partial charge in [0.1, 0.15) is 0 Å². The normalized spacial score (nSPS) is 14.3. The minimum Gasteiger partial charge on any atom is -0.309 e. The third-order valence-corrected chi connectivity index (χ3v) is 15.5. The third kappa shape index (κ3) is 4.96. The van der Waals surface area contributed by atoms with E-state index in [2.05, 4.69) is 243 Å². The molecule has 2 heterocycles. The molecule has 0 bridgehead atoms. The molecule has 12 aromatic rings. The van der Waals surface area contributed by atoms with Crippen molar-refractivity contribution < 1.29 is 0 Å². The van der Waals surface area contributed by atoms with Crippen LogP contribution in [-0.2, 0) is 10.8 Å². The lowest BCUT2D eigenvalue weighted by atomic mass is 9.63. The Kier molecular flexibility index (Phi) is 7.55. The summed E-state index contributed by atoms with van der Waals surface area (Å²) in [6.07, 6.45) is 0. The Morgan fingerprint density at radius 3 is 1.42 bits per heavy atom. The number of nitrogens with zero attached hydrogens (tertiary/aromatic N) is 2. The van der Waals surface area contributed by atoms with E-state index in [4.69, 9.17) is 0 Å². The average Bonchev–Trinajstić information content (AvgIpc) is 3.95. The molecule has 0 atom stereocenters. The Hall–Kier alpha value is -7.94. The number of hydrogen-bond donors (Lipinski definition) is 0. The van der Waals surface area contributed by atoms with Crippen LogP contribution in [-0.4, -0.2) is 9.13 Å². The monoisotopic (exact) mass is 842 g/mol. The van der Waals surface area contributed by atoms with Crippen LogP contribution in [0.3, 0.4) is 0 Å². The van der Waals surface area contributed by atoms with Gasteiger partial charge in [-0.15, -0.1) is 0 Å². The van der Waals surface area contributed by atoms with Crippen molar-refractivity contribution in [2.75, 3.05) is 0 Å². The Morgan fingerprint density at radius 1 is 0.303 bits per heavy atom. The highest BCUT2D eigenvalue weighted by Crippen LogP contribution is 2.59. The van der Waals surface area contributed by atoms with Crippen molar-refractivity contribution in [3.8, 4) is 55.9 Å². The highest BCUT2D eigenvalue weighted by Gasteiger charge is 2.45. The van der Waals surface area contributed by atoms with E-state index in [-0.39, 0.29) is 10.8 Å². The zero-order chi connectivity index (χ0) is 44.1. The Balaban J connectivity index is 0.950. The lowest BCUT2D eigenvalue weighted by molar-refractivity contribution is 0.591. The largest absolute Gasteiger partial charge is 0.309 e. The summed E-state index contributed by atoms with van der Waals surface area (Å²) in [6, 6.07) is 77.2. The number of para-hydroxylation sites is 2. The molecule has 2 nitrogen and oxygen atoms in total. The minimum atomic E-state index is -0.268. The van der Waals surface area contributed by atoms with Crippen molar-refractivity contribution in [2.45, 2.75) is 38.5 Å². The molecule has 2 aliphatic rings. The molecule has 0 N–H and O–H groups in total. The van der Waals surface area contributed by atoms with Gasteiger partial charge in [-0.2, -0.15) is 0 Å². The van der Waals surface area contributed by atoms with Crippen LogP contribution < -0.4 is 0 Å². The van der Waals surface area contributed by atoms with E-state index >= 15 is 0 Å². The first-order valence-electron chi connectivity index (χ1n) is 23.3. The molecule has 10 aromatic carbocycles. The molecule has 0 saturated carbocycles. The van der Waals surface area contributed by atoms with E-state index in [0.29, 0.717) is 0 Å². The SMILES string of the molecule is CC1(C)c2cc(-n3c4ccccc4c4ccc(-c5ccccc5)cc43)ccc2-c2ccc3c(c21)C(C)(C)c1cccc2c(-n4c5ccccc5c5ccc(-c6ccccc6)cc54)ccc-3c12. The standard InChI is InChI=1S/C64H46N2/c1-63(2)53-23-15-22-52-57(66-56-25-14-12-21-46(56)48-30-27-42(37-59(48)66)40-18-9-6-10-19-40)35-34-49(60(52)53)51-33-32-50-44-31-28-43(38-54(44)64(3,4)61(50)62(51)63)65-55-24-13-11-20-45(55)47-29-26-41(36-58(47)65)39-16-7-5-8-17-39/h5-38H,1-4H3. The van der Waals surface area contributed by atoms with Crippen LogP contribution in [0, 0.1) is 0 Å². The predicted octanol–water partition coefficient (Wildman–Crippen LogP) is 17.0. The molecule has 0 radical (unpaired) electrons. The Bertz CT molecular complexity index is 4030. The zero-order valence-corrected chi connectivity index (χ0v) is 37.5. The number of benzene rings is 10. The molecule has 0 aliphatic heterocycles. The Labute approximate surface area is 384 Å². The molecule has 0 amide bonds. The van der Waals surface area contributed by atoms with Gasteiger partial charge in [0.05, 0.1) is 27.8 Å². The summed E-state index contributed by atoms with van der Waals surface area (Å²) < 4.78 is 5.01. The second kappa shape index (κ2) is 13.3. The number of aromatic nitrogens is 2. The van der Waals surface area contributed by atoms with Gasteiger partial charge in [-0.25, -0.2) is 0 Å².